The third-order valence-corrected chi connectivity index (χ3v) is 8.38. The molecule has 0 aliphatic rings. The fourth-order valence-corrected chi connectivity index (χ4v) is 6.10. The number of fused-ring (bicyclic) bond motifs is 1. The SMILES string of the molecule is Cc1ccc(S(=O)(=O)C(CCc2c(C)[nH]c3ccccc23)c2ccc(N(C)C)cc2)cc1. The molecule has 0 fully saturated rings. The van der Waals surface area contributed by atoms with Crippen LogP contribution in [-0.2, 0) is 16.3 Å². The van der Waals surface area contributed by atoms with E-state index in [2.05, 4.69) is 24.0 Å². The number of para-hydroxylation sites is 1. The minimum atomic E-state index is -3.55. The van der Waals surface area contributed by atoms with E-state index in [1.165, 1.54) is 10.9 Å². The largest absolute Gasteiger partial charge is 0.378 e. The summed E-state index contributed by atoms with van der Waals surface area (Å²) in [5, 5.41) is 0.550. The molecule has 0 spiro atoms. The van der Waals surface area contributed by atoms with Crippen molar-refractivity contribution in [2.45, 2.75) is 36.8 Å². The molecule has 1 unspecified atom stereocenters. The van der Waals surface area contributed by atoms with Crippen molar-refractivity contribution in [2.24, 2.45) is 0 Å². The fourth-order valence-electron chi connectivity index (χ4n) is 4.31. The first-order valence-electron chi connectivity index (χ1n) is 10.9. The molecule has 0 saturated heterocycles. The number of nitrogens with one attached hydrogen (secondary N) is 1. The predicted octanol–water partition coefficient (Wildman–Crippen LogP) is 6.00. The third-order valence-electron chi connectivity index (χ3n) is 6.19. The molecule has 1 N–H and O–H groups in total. The van der Waals surface area contributed by atoms with Gasteiger partial charge in [0, 0.05) is 36.4 Å². The van der Waals surface area contributed by atoms with Crippen molar-refractivity contribution in [3.8, 4) is 0 Å². The van der Waals surface area contributed by atoms with Gasteiger partial charge in [-0.1, -0.05) is 48.0 Å². The van der Waals surface area contributed by atoms with E-state index in [1.54, 1.807) is 12.1 Å². The average Bonchev–Trinajstić information content (AvgIpc) is 3.09. The first-order chi connectivity index (χ1) is 15.3. The average molecular weight is 447 g/mol. The van der Waals surface area contributed by atoms with Gasteiger partial charge < -0.3 is 9.88 Å². The highest BCUT2D eigenvalue weighted by Gasteiger charge is 2.29. The molecule has 5 heteroatoms. The fraction of sp³-hybridized carbons (Fsp3) is 0.259. The Bertz CT molecular complexity index is 1320. The number of sulfone groups is 1. The van der Waals surface area contributed by atoms with Gasteiger partial charge in [-0.3, -0.25) is 0 Å². The van der Waals surface area contributed by atoms with Crippen LogP contribution in [0.1, 0.15) is 34.1 Å². The zero-order valence-corrected chi connectivity index (χ0v) is 19.9. The summed E-state index contributed by atoms with van der Waals surface area (Å²) < 4.78 is 27.5. The summed E-state index contributed by atoms with van der Waals surface area (Å²) in [5.41, 5.74) is 6.30. The van der Waals surface area contributed by atoms with E-state index in [1.807, 2.05) is 74.4 Å². The molecule has 0 amide bonds. The van der Waals surface area contributed by atoms with Gasteiger partial charge in [0.15, 0.2) is 9.84 Å². The minimum Gasteiger partial charge on any atom is -0.378 e. The molecule has 0 bridgehead atoms. The number of aromatic nitrogens is 1. The minimum absolute atomic E-state index is 0.375. The van der Waals surface area contributed by atoms with Crippen LogP contribution in [0.15, 0.2) is 77.7 Å². The molecular weight excluding hydrogens is 416 g/mol. The van der Waals surface area contributed by atoms with Crippen molar-refractivity contribution in [3.05, 3.63) is 95.2 Å². The van der Waals surface area contributed by atoms with Gasteiger partial charge in [0.05, 0.1) is 10.1 Å². The molecule has 166 valence electrons. The number of anilines is 1. The lowest BCUT2D eigenvalue weighted by atomic mass is 10.0. The standard InChI is InChI=1S/C27H30N2O2S/c1-19-9-15-23(16-10-19)32(30,31)27(21-11-13-22(14-12-21)29(3)4)18-17-24-20(2)28-26-8-6-5-7-25(24)26/h5-16,27-28H,17-18H2,1-4H3. The second-order valence-corrected chi connectivity index (χ2v) is 10.8. The van der Waals surface area contributed by atoms with E-state index in [0.717, 1.165) is 28.0 Å². The maximum absolute atomic E-state index is 13.8. The predicted molar refractivity (Wildman–Crippen MR) is 133 cm³/mol. The van der Waals surface area contributed by atoms with Gasteiger partial charge in [0.2, 0.25) is 0 Å². The molecule has 0 saturated carbocycles. The van der Waals surface area contributed by atoms with Crippen LogP contribution in [-0.4, -0.2) is 27.5 Å². The number of benzene rings is 3. The van der Waals surface area contributed by atoms with Gasteiger partial charge in [-0.2, -0.15) is 0 Å². The lowest BCUT2D eigenvalue weighted by molar-refractivity contribution is 0.575. The molecule has 0 aliphatic heterocycles. The summed E-state index contributed by atoms with van der Waals surface area (Å²) in [6.45, 7) is 4.03. The van der Waals surface area contributed by atoms with Gasteiger partial charge in [-0.25, -0.2) is 8.42 Å². The Morgan fingerprint density at radius 3 is 2.19 bits per heavy atom. The smallest absolute Gasteiger partial charge is 0.185 e. The van der Waals surface area contributed by atoms with Crippen LogP contribution in [0.2, 0.25) is 0 Å². The van der Waals surface area contributed by atoms with Crippen LogP contribution in [0.25, 0.3) is 10.9 Å². The zero-order valence-electron chi connectivity index (χ0n) is 19.1. The van der Waals surface area contributed by atoms with Crippen molar-refractivity contribution in [1.29, 1.82) is 0 Å². The quantitative estimate of drug-likeness (QED) is 0.379. The van der Waals surface area contributed by atoms with Crippen molar-refractivity contribution >= 4 is 26.4 Å². The highest BCUT2D eigenvalue weighted by Crippen LogP contribution is 2.35. The highest BCUT2D eigenvalue weighted by molar-refractivity contribution is 7.91. The van der Waals surface area contributed by atoms with Gasteiger partial charge in [0.1, 0.15) is 0 Å². The number of H-pyrrole nitrogens is 1. The second-order valence-electron chi connectivity index (χ2n) is 8.65. The topological polar surface area (TPSA) is 53.2 Å². The monoisotopic (exact) mass is 446 g/mol. The number of rotatable bonds is 7. The van der Waals surface area contributed by atoms with E-state index in [9.17, 15) is 8.42 Å². The summed E-state index contributed by atoms with van der Waals surface area (Å²) in [6, 6.07) is 23.3. The normalized spacial score (nSPS) is 12.8. The molecule has 3 aromatic carbocycles. The first-order valence-corrected chi connectivity index (χ1v) is 12.5. The Labute approximate surface area is 190 Å². The van der Waals surface area contributed by atoms with Crippen molar-refractivity contribution in [1.82, 2.24) is 4.98 Å². The van der Waals surface area contributed by atoms with E-state index in [4.69, 9.17) is 0 Å². The van der Waals surface area contributed by atoms with Crippen LogP contribution in [0.4, 0.5) is 5.69 Å². The van der Waals surface area contributed by atoms with Crippen molar-refractivity contribution in [2.75, 3.05) is 19.0 Å². The number of nitrogens with zero attached hydrogens (tertiary/aromatic N) is 1. The van der Waals surface area contributed by atoms with Crippen LogP contribution in [0, 0.1) is 13.8 Å². The highest BCUT2D eigenvalue weighted by atomic mass is 32.2. The first kappa shape index (κ1) is 22.2. The molecule has 1 heterocycles. The maximum atomic E-state index is 13.8. The van der Waals surface area contributed by atoms with Crippen molar-refractivity contribution < 1.29 is 8.42 Å². The Balaban J connectivity index is 1.73. The number of aryl methyl sites for hydroxylation is 3. The van der Waals surface area contributed by atoms with E-state index < -0.39 is 15.1 Å². The molecule has 32 heavy (non-hydrogen) atoms. The van der Waals surface area contributed by atoms with E-state index >= 15 is 0 Å². The van der Waals surface area contributed by atoms with Crippen LogP contribution >= 0.6 is 0 Å². The Kier molecular flexibility index (Phi) is 6.11. The molecule has 1 aromatic heterocycles. The van der Waals surface area contributed by atoms with Crippen LogP contribution in [0.3, 0.4) is 0 Å². The lowest BCUT2D eigenvalue weighted by Crippen LogP contribution is -2.16. The van der Waals surface area contributed by atoms with E-state index in [0.29, 0.717) is 17.7 Å². The number of hydrogen-bond donors (Lipinski definition) is 1. The Hall–Kier alpha value is -3.05. The Morgan fingerprint density at radius 2 is 1.53 bits per heavy atom. The van der Waals surface area contributed by atoms with Gasteiger partial charge in [0.25, 0.3) is 0 Å². The Morgan fingerprint density at radius 1 is 0.875 bits per heavy atom. The van der Waals surface area contributed by atoms with E-state index in [-0.39, 0.29) is 0 Å². The van der Waals surface area contributed by atoms with Gasteiger partial charge >= 0.3 is 0 Å². The molecular formula is C27H30N2O2S. The molecule has 0 radical (unpaired) electrons. The molecule has 4 nitrogen and oxygen atoms in total. The lowest BCUT2D eigenvalue weighted by Gasteiger charge is -2.20. The second kappa shape index (κ2) is 8.83. The molecule has 4 aromatic rings. The molecule has 0 aliphatic carbocycles. The summed E-state index contributed by atoms with van der Waals surface area (Å²) in [7, 11) is 0.416. The number of aromatic amines is 1. The van der Waals surface area contributed by atoms with Gasteiger partial charge in [-0.05, 0) is 68.1 Å². The third kappa shape index (κ3) is 4.30. The van der Waals surface area contributed by atoms with Crippen molar-refractivity contribution in [3.63, 3.8) is 0 Å². The van der Waals surface area contributed by atoms with Gasteiger partial charge in [-0.15, -0.1) is 0 Å². The zero-order chi connectivity index (χ0) is 22.9. The molecule has 1 atom stereocenters. The molecule has 4 rings (SSSR count). The van der Waals surface area contributed by atoms with Crippen LogP contribution in [0.5, 0.6) is 0 Å². The summed E-state index contributed by atoms with van der Waals surface area (Å²) in [5.74, 6) is 0. The summed E-state index contributed by atoms with van der Waals surface area (Å²) >= 11 is 0. The summed E-state index contributed by atoms with van der Waals surface area (Å²) in [6.07, 6.45) is 1.20. The number of hydrogen-bond acceptors (Lipinski definition) is 3. The van der Waals surface area contributed by atoms with Crippen LogP contribution < -0.4 is 4.90 Å². The summed E-state index contributed by atoms with van der Waals surface area (Å²) in [4.78, 5) is 5.82. The maximum Gasteiger partial charge on any atom is 0.185 e.